The molecule has 0 radical (unpaired) electrons. The summed E-state index contributed by atoms with van der Waals surface area (Å²) in [4.78, 5) is 12.0. The van der Waals surface area contributed by atoms with Crippen LogP contribution in [0.2, 0.25) is 0 Å². The maximum atomic E-state index is 6.06. The van der Waals surface area contributed by atoms with E-state index in [1.807, 2.05) is 29.0 Å². The Balaban J connectivity index is 2.05. The highest BCUT2D eigenvalue weighted by molar-refractivity contribution is 5.70. The lowest BCUT2D eigenvalue weighted by molar-refractivity contribution is 1.06. The van der Waals surface area contributed by atoms with Crippen molar-refractivity contribution in [3.05, 3.63) is 49.2 Å². The second kappa shape index (κ2) is 4.41. The molecule has 0 unspecified atom stereocenters. The molecular formula is C13H12N6. The molecule has 3 rings (SSSR count). The Morgan fingerprint density at radius 3 is 2.63 bits per heavy atom. The molecule has 3 aromatic rings. The summed E-state index contributed by atoms with van der Waals surface area (Å²) in [5.41, 5.74) is 14.8. The molecule has 6 nitrogen and oxygen atoms in total. The zero-order valence-electron chi connectivity index (χ0n) is 10.1. The van der Waals surface area contributed by atoms with E-state index in [0.717, 1.165) is 16.9 Å². The summed E-state index contributed by atoms with van der Waals surface area (Å²) in [6.45, 7) is 0. The molecule has 2 aromatic heterocycles. The maximum absolute atomic E-state index is 6.06. The number of hydrogen-bond donors (Lipinski definition) is 2. The van der Waals surface area contributed by atoms with Gasteiger partial charge in [0.2, 0.25) is 5.95 Å². The minimum absolute atomic E-state index is 0.245. The summed E-state index contributed by atoms with van der Waals surface area (Å²) in [5, 5.41) is 0. The first kappa shape index (κ1) is 11.2. The SMILES string of the molecule is Nc1nccc(-c2ccc(-n3ccnc3)c(N)c2)n1. The molecule has 0 fully saturated rings. The smallest absolute Gasteiger partial charge is 0.220 e. The number of benzene rings is 1. The lowest BCUT2D eigenvalue weighted by Crippen LogP contribution is -1.99. The van der Waals surface area contributed by atoms with E-state index in [0.29, 0.717) is 5.69 Å². The molecule has 0 aliphatic heterocycles. The van der Waals surface area contributed by atoms with Crippen LogP contribution in [-0.2, 0) is 0 Å². The van der Waals surface area contributed by atoms with Crippen molar-refractivity contribution in [3.63, 3.8) is 0 Å². The van der Waals surface area contributed by atoms with Gasteiger partial charge in [-0.05, 0) is 18.2 Å². The predicted molar refractivity (Wildman–Crippen MR) is 73.4 cm³/mol. The molecule has 4 N–H and O–H groups in total. The Hall–Kier alpha value is -2.89. The fraction of sp³-hybridized carbons (Fsp3) is 0. The van der Waals surface area contributed by atoms with Gasteiger partial charge in [-0.1, -0.05) is 6.07 Å². The molecule has 0 aliphatic rings. The molecule has 0 aliphatic carbocycles. The number of imidazole rings is 1. The molecule has 0 bridgehead atoms. The third-order valence-electron chi connectivity index (χ3n) is 2.78. The summed E-state index contributed by atoms with van der Waals surface area (Å²) in [7, 11) is 0. The van der Waals surface area contributed by atoms with Crippen LogP contribution in [0.4, 0.5) is 11.6 Å². The highest BCUT2D eigenvalue weighted by Crippen LogP contribution is 2.24. The van der Waals surface area contributed by atoms with Gasteiger partial charge in [0.1, 0.15) is 0 Å². The fourth-order valence-electron chi connectivity index (χ4n) is 1.89. The normalized spacial score (nSPS) is 10.5. The van der Waals surface area contributed by atoms with Crippen LogP contribution in [0.1, 0.15) is 0 Å². The molecule has 6 heteroatoms. The lowest BCUT2D eigenvalue weighted by atomic mass is 10.1. The highest BCUT2D eigenvalue weighted by Gasteiger charge is 2.05. The van der Waals surface area contributed by atoms with Gasteiger partial charge >= 0.3 is 0 Å². The van der Waals surface area contributed by atoms with Crippen molar-refractivity contribution in [2.75, 3.05) is 11.5 Å². The molecule has 0 atom stereocenters. The Kier molecular flexibility index (Phi) is 2.60. The van der Waals surface area contributed by atoms with Gasteiger partial charge in [0.15, 0.2) is 0 Å². The number of nitrogen functional groups attached to an aromatic ring is 2. The van der Waals surface area contributed by atoms with Crippen LogP contribution in [0.25, 0.3) is 16.9 Å². The standard InChI is InChI=1S/C13H12N6/c14-10-7-9(11-3-4-17-13(15)18-11)1-2-12(10)19-6-5-16-8-19/h1-8H,14H2,(H2,15,17,18). The number of hydrogen-bond acceptors (Lipinski definition) is 5. The van der Waals surface area contributed by atoms with E-state index in [2.05, 4.69) is 15.0 Å². The van der Waals surface area contributed by atoms with E-state index in [1.165, 1.54) is 0 Å². The van der Waals surface area contributed by atoms with Crippen molar-refractivity contribution in [1.29, 1.82) is 0 Å². The number of nitrogens with two attached hydrogens (primary N) is 2. The number of aromatic nitrogens is 4. The third-order valence-corrected chi connectivity index (χ3v) is 2.78. The second-order valence-corrected chi connectivity index (χ2v) is 4.04. The van der Waals surface area contributed by atoms with E-state index in [9.17, 15) is 0 Å². The van der Waals surface area contributed by atoms with Crippen molar-refractivity contribution >= 4 is 11.6 Å². The largest absolute Gasteiger partial charge is 0.397 e. The van der Waals surface area contributed by atoms with Crippen LogP contribution in [0.15, 0.2) is 49.2 Å². The predicted octanol–water partition coefficient (Wildman–Crippen LogP) is 1.49. The van der Waals surface area contributed by atoms with Crippen LogP contribution < -0.4 is 11.5 Å². The average Bonchev–Trinajstić information content (AvgIpc) is 2.92. The summed E-state index contributed by atoms with van der Waals surface area (Å²) in [5.74, 6) is 0.245. The van der Waals surface area contributed by atoms with Crippen LogP contribution in [0, 0.1) is 0 Å². The number of anilines is 2. The van der Waals surface area contributed by atoms with Crippen molar-refractivity contribution < 1.29 is 0 Å². The van der Waals surface area contributed by atoms with Crippen molar-refractivity contribution in [2.24, 2.45) is 0 Å². The van der Waals surface area contributed by atoms with Gasteiger partial charge in [-0.15, -0.1) is 0 Å². The molecule has 2 heterocycles. The third kappa shape index (κ3) is 2.11. The van der Waals surface area contributed by atoms with Crippen LogP contribution >= 0.6 is 0 Å². The maximum Gasteiger partial charge on any atom is 0.220 e. The summed E-state index contributed by atoms with van der Waals surface area (Å²) in [6.07, 6.45) is 6.87. The summed E-state index contributed by atoms with van der Waals surface area (Å²) in [6, 6.07) is 7.51. The van der Waals surface area contributed by atoms with Crippen LogP contribution in [-0.4, -0.2) is 19.5 Å². The van der Waals surface area contributed by atoms with Crippen molar-refractivity contribution in [2.45, 2.75) is 0 Å². The quantitative estimate of drug-likeness (QED) is 0.674. The molecule has 19 heavy (non-hydrogen) atoms. The minimum Gasteiger partial charge on any atom is -0.397 e. The fourth-order valence-corrected chi connectivity index (χ4v) is 1.89. The summed E-state index contributed by atoms with van der Waals surface area (Å²) >= 11 is 0. The molecule has 0 spiro atoms. The van der Waals surface area contributed by atoms with Gasteiger partial charge in [0.05, 0.1) is 23.4 Å². The number of nitrogens with zero attached hydrogens (tertiary/aromatic N) is 4. The van der Waals surface area contributed by atoms with Crippen molar-refractivity contribution in [1.82, 2.24) is 19.5 Å². The van der Waals surface area contributed by atoms with Gasteiger partial charge in [-0.2, -0.15) is 0 Å². The second-order valence-electron chi connectivity index (χ2n) is 4.04. The molecule has 94 valence electrons. The highest BCUT2D eigenvalue weighted by atomic mass is 15.0. The van der Waals surface area contributed by atoms with Gasteiger partial charge in [0.25, 0.3) is 0 Å². The first-order valence-corrected chi connectivity index (χ1v) is 5.71. The minimum atomic E-state index is 0.245. The Bertz CT molecular complexity index is 705. The van der Waals surface area contributed by atoms with Gasteiger partial charge in [-0.25, -0.2) is 15.0 Å². The monoisotopic (exact) mass is 252 g/mol. The first-order valence-electron chi connectivity index (χ1n) is 5.71. The topological polar surface area (TPSA) is 95.6 Å². The van der Waals surface area contributed by atoms with E-state index in [1.54, 1.807) is 24.8 Å². The molecule has 0 amide bonds. The Morgan fingerprint density at radius 2 is 1.95 bits per heavy atom. The first-order chi connectivity index (χ1) is 9.24. The Morgan fingerprint density at radius 1 is 1.05 bits per heavy atom. The molecule has 0 saturated heterocycles. The molecule has 1 aromatic carbocycles. The zero-order chi connectivity index (χ0) is 13.2. The Labute approximate surface area is 109 Å². The van der Waals surface area contributed by atoms with Crippen LogP contribution in [0.3, 0.4) is 0 Å². The van der Waals surface area contributed by atoms with Gasteiger partial charge in [0, 0.05) is 24.2 Å². The van der Waals surface area contributed by atoms with Gasteiger partial charge in [-0.3, -0.25) is 0 Å². The van der Waals surface area contributed by atoms with E-state index in [-0.39, 0.29) is 5.95 Å². The van der Waals surface area contributed by atoms with E-state index >= 15 is 0 Å². The van der Waals surface area contributed by atoms with Crippen molar-refractivity contribution in [3.8, 4) is 16.9 Å². The zero-order valence-corrected chi connectivity index (χ0v) is 10.1. The van der Waals surface area contributed by atoms with Gasteiger partial charge < -0.3 is 16.0 Å². The lowest BCUT2D eigenvalue weighted by Gasteiger charge is -2.08. The van der Waals surface area contributed by atoms with E-state index < -0.39 is 0 Å². The van der Waals surface area contributed by atoms with Crippen LogP contribution in [0.5, 0.6) is 0 Å². The van der Waals surface area contributed by atoms with E-state index in [4.69, 9.17) is 11.5 Å². The molecule has 0 saturated carbocycles. The average molecular weight is 252 g/mol. The number of rotatable bonds is 2. The summed E-state index contributed by atoms with van der Waals surface area (Å²) < 4.78 is 1.85. The molecular weight excluding hydrogens is 240 g/mol.